The zero-order valence-electron chi connectivity index (χ0n) is 14.9. The van der Waals surface area contributed by atoms with E-state index in [0.717, 1.165) is 36.6 Å². The van der Waals surface area contributed by atoms with E-state index in [1.54, 1.807) is 12.1 Å². The first kappa shape index (κ1) is 19.9. The van der Waals surface area contributed by atoms with Gasteiger partial charge in [0.25, 0.3) is 0 Å². The number of halogens is 4. The van der Waals surface area contributed by atoms with Gasteiger partial charge in [-0.1, -0.05) is 22.0 Å². The Morgan fingerprint density at radius 2 is 2.00 bits per heavy atom. The molecule has 27 heavy (non-hydrogen) atoms. The first-order valence-electron chi connectivity index (χ1n) is 8.70. The van der Waals surface area contributed by atoms with E-state index in [4.69, 9.17) is 0 Å². The zero-order valence-corrected chi connectivity index (χ0v) is 16.4. The van der Waals surface area contributed by atoms with Crippen LogP contribution in [0.25, 0.3) is 0 Å². The molecule has 2 N–H and O–H groups in total. The monoisotopic (exact) mass is 443 g/mol. The molecule has 0 unspecified atom stereocenters. The van der Waals surface area contributed by atoms with Crippen LogP contribution in [0.1, 0.15) is 18.4 Å². The maximum Gasteiger partial charge on any atom is 0.421 e. The average molecular weight is 444 g/mol. The third-order valence-electron chi connectivity index (χ3n) is 4.57. The number of aromatic nitrogens is 2. The molecule has 5 nitrogen and oxygen atoms in total. The van der Waals surface area contributed by atoms with Crippen molar-refractivity contribution >= 4 is 33.4 Å². The van der Waals surface area contributed by atoms with Crippen LogP contribution in [-0.2, 0) is 6.18 Å². The van der Waals surface area contributed by atoms with Gasteiger partial charge in [0.2, 0.25) is 5.95 Å². The SMILES string of the molecule is CN1CCC(CNc2nc(Nc3cccc(Br)c3)ncc2C(F)(F)F)CC1. The number of hydrogen-bond donors (Lipinski definition) is 2. The van der Waals surface area contributed by atoms with Crippen LogP contribution in [0, 0.1) is 5.92 Å². The summed E-state index contributed by atoms with van der Waals surface area (Å²) >= 11 is 3.36. The van der Waals surface area contributed by atoms with E-state index in [1.165, 1.54) is 0 Å². The Morgan fingerprint density at radius 3 is 2.67 bits per heavy atom. The molecule has 0 saturated carbocycles. The topological polar surface area (TPSA) is 53.1 Å². The van der Waals surface area contributed by atoms with Gasteiger partial charge in [-0.3, -0.25) is 0 Å². The summed E-state index contributed by atoms with van der Waals surface area (Å²) in [5.41, 5.74) is -0.166. The molecule has 0 atom stereocenters. The summed E-state index contributed by atoms with van der Waals surface area (Å²) in [4.78, 5) is 10.1. The second kappa shape index (κ2) is 8.43. The van der Waals surface area contributed by atoms with Gasteiger partial charge in [0.05, 0.1) is 0 Å². The summed E-state index contributed by atoms with van der Waals surface area (Å²) in [6, 6.07) is 7.26. The van der Waals surface area contributed by atoms with Crippen molar-refractivity contribution in [2.75, 3.05) is 37.3 Å². The van der Waals surface area contributed by atoms with Crippen LogP contribution in [0.5, 0.6) is 0 Å². The highest BCUT2D eigenvalue weighted by Crippen LogP contribution is 2.34. The fraction of sp³-hybridized carbons (Fsp3) is 0.444. The van der Waals surface area contributed by atoms with Gasteiger partial charge in [-0.2, -0.15) is 18.2 Å². The van der Waals surface area contributed by atoms with Crippen molar-refractivity contribution < 1.29 is 13.2 Å². The minimum atomic E-state index is -4.51. The lowest BCUT2D eigenvalue weighted by atomic mass is 9.97. The molecular formula is C18H21BrF3N5. The molecule has 3 rings (SSSR count). The Morgan fingerprint density at radius 1 is 1.26 bits per heavy atom. The van der Waals surface area contributed by atoms with Gasteiger partial charge in [0, 0.05) is 22.9 Å². The summed E-state index contributed by atoms with van der Waals surface area (Å²) in [6.07, 6.45) is -1.77. The zero-order chi connectivity index (χ0) is 19.4. The van der Waals surface area contributed by atoms with E-state index in [-0.39, 0.29) is 11.8 Å². The molecule has 1 aliphatic rings. The summed E-state index contributed by atoms with van der Waals surface area (Å²) in [7, 11) is 2.05. The van der Waals surface area contributed by atoms with E-state index < -0.39 is 11.7 Å². The molecule has 0 spiro atoms. The first-order chi connectivity index (χ1) is 12.8. The molecule has 146 valence electrons. The molecule has 1 aromatic heterocycles. The van der Waals surface area contributed by atoms with Gasteiger partial charge in [-0.15, -0.1) is 0 Å². The van der Waals surface area contributed by atoms with Crippen LogP contribution in [0.4, 0.5) is 30.6 Å². The summed E-state index contributed by atoms with van der Waals surface area (Å²) < 4.78 is 40.8. The maximum atomic E-state index is 13.3. The van der Waals surface area contributed by atoms with Gasteiger partial charge in [0.15, 0.2) is 0 Å². The molecule has 1 fully saturated rings. The molecule has 1 saturated heterocycles. The van der Waals surface area contributed by atoms with Gasteiger partial charge in [0.1, 0.15) is 11.4 Å². The largest absolute Gasteiger partial charge is 0.421 e. The Balaban J connectivity index is 1.76. The highest BCUT2D eigenvalue weighted by atomic mass is 79.9. The Hall–Kier alpha value is -1.87. The Kier molecular flexibility index (Phi) is 6.21. The summed E-state index contributed by atoms with van der Waals surface area (Å²) in [5.74, 6) is 0.264. The number of hydrogen-bond acceptors (Lipinski definition) is 5. The van der Waals surface area contributed by atoms with Crippen molar-refractivity contribution in [3.05, 3.63) is 40.5 Å². The molecule has 0 aliphatic carbocycles. The molecule has 0 bridgehead atoms. The van der Waals surface area contributed by atoms with Crippen molar-refractivity contribution in [2.45, 2.75) is 19.0 Å². The van der Waals surface area contributed by atoms with Gasteiger partial charge < -0.3 is 15.5 Å². The van der Waals surface area contributed by atoms with Crippen LogP contribution >= 0.6 is 15.9 Å². The lowest BCUT2D eigenvalue weighted by Gasteiger charge is -2.29. The van der Waals surface area contributed by atoms with E-state index in [2.05, 4.69) is 48.5 Å². The lowest BCUT2D eigenvalue weighted by molar-refractivity contribution is -0.137. The average Bonchev–Trinajstić information content (AvgIpc) is 2.60. The predicted octanol–water partition coefficient (Wildman–Crippen LogP) is 4.76. The molecule has 0 amide bonds. The molecule has 2 heterocycles. The quantitative estimate of drug-likeness (QED) is 0.697. The predicted molar refractivity (Wildman–Crippen MR) is 103 cm³/mol. The molecule has 2 aromatic rings. The minimum Gasteiger partial charge on any atom is -0.369 e. The highest BCUT2D eigenvalue weighted by Gasteiger charge is 2.35. The molecule has 1 aliphatic heterocycles. The van der Waals surface area contributed by atoms with Gasteiger partial charge in [-0.05, 0) is 57.1 Å². The van der Waals surface area contributed by atoms with Gasteiger partial charge in [-0.25, -0.2) is 4.98 Å². The third kappa shape index (κ3) is 5.55. The lowest BCUT2D eigenvalue weighted by Crippen LogP contribution is -2.33. The molecular weight excluding hydrogens is 423 g/mol. The number of benzene rings is 1. The summed E-state index contributed by atoms with van der Waals surface area (Å²) in [5, 5.41) is 5.84. The normalized spacial score (nSPS) is 16.3. The standard InChI is InChI=1S/C18H21BrF3N5/c1-27-7-5-12(6-8-27)10-23-16-15(18(20,21)22)11-24-17(26-16)25-14-4-2-3-13(19)9-14/h2-4,9,11-12H,5-8,10H2,1H3,(H2,23,24,25,26). The number of nitrogens with one attached hydrogen (secondary N) is 2. The van der Waals surface area contributed by atoms with Crippen LogP contribution in [-0.4, -0.2) is 41.5 Å². The van der Waals surface area contributed by atoms with E-state index in [1.807, 2.05) is 12.1 Å². The van der Waals surface area contributed by atoms with Crippen LogP contribution in [0.3, 0.4) is 0 Å². The number of piperidine rings is 1. The smallest absolute Gasteiger partial charge is 0.369 e. The number of likely N-dealkylation sites (tertiary alicyclic amines) is 1. The van der Waals surface area contributed by atoms with E-state index >= 15 is 0 Å². The van der Waals surface area contributed by atoms with Gasteiger partial charge >= 0.3 is 6.18 Å². The minimum absolute atomic E-state index is 0.118. The number of rotatable bonds is 5. The molecule has 1 aromatic carbocycles. The molecule has 9 heteroatoms. The number of anilines is 3. The Labute approximate surface area is 164 Å². The van der Waals surface area contributed by atoms with Crippen molar-refractivity contribution in [2.24, 2.45) is 5.92 Å². The second-order valence-electron chi connectivity index (χ2n) is 6.72. The first-order valence-corrected chi connectivity index (χ1v) is 9.50. The number of nitrogens with zero attached hydrogens (tertiary/aromatic N) is 3. The van der Waals surface area contributed by atoms with E-state index in [9.17, 15) is 13.2 Å². The number of alkyl halides is 3. The van der Waals surface area contributed by atoms with Crippen molar-refractivity contribution in [1.82, 2.24) is 14.9 Å². The van der Waals surface area contributed by atoms with Crippen LogP contribution < -0.4 is 10.6 Å². The summed E-state index contributed by atoms with van der Waals surface area (Å²) in [6.45, 7) is 2.38. The second-order valence-corrected chi connectivity index (χ2v) is 7.63. The highest BCUT2D eigenvalue weighted by molar-refractivity contribution is 9.10. The van der Waals surface area contributed by atoms with Crippen molar-refractivity contribution in [3.63, 3.8) is 0 Å². The van der Waals surface area contributed by atoms with Crippen molar-refractivity contribution in [3.8, 4) is 0 Å². The third-order valence-corrected chi connectivity index (χ3v) is 5.06. The van der Waals surface area contributed by atoms with Crippen molar-refractivity contribution in [1.29, 1.82) is 0 Å². The Bertz CT molecular complexity index is 776. The fourth-order valence-corrected chi connectivity index (χ4v) is 3.39. The maximum absolute atomic E-state index is 13.3. The van der Waals surface area contributed by atoms with E-state index in [0.29, 0.717) is 18.2 Å². The fourth-order valence-electron chi connectivity index (χ4n) is 2.99. The van der Waals surface area contributed by atoms with Crippen LogP contribution in [0.15, 0.2) is 34.9 Å². The van der Waals surface area contributed by atoms with Crippen LogP contribution in [0.2, 0.25) is 0 Å². The molecule has 0 radical (unpaired) electrons.